The number of aryl methyl sites for hydroxylation is 1. The van der Waals surface area contributed by atoms with Crippen LogP contribution in [-0.2, 0) is 6.42 Å². The number of aromatic nitrogens is 1. The zero-order valence-electron chi connectivity index (χ0n) is 8.68. The maximum absolute atomic E-state index is 11.2. The van der Waals surface area contributed by atoms with Gasteiger partial charge in [0.25, 0.3) is 0 Å². The van der Waals surface area contributed by atoms with Crippen molar-refractivity contribution in [3.63, 3.8) is 0 Å². The molecule has 0 amide bonds. The van der Waals surface area contributed by atoms with Crippen LogP contribution in [0, 0.1) is 5.21 Å². The van der Waals surface area contributed by atoms with Crippen molar-refractivity contribution in [3.8, 4) is 11.1 Å². The quantitative estimate of drug-likeness (QED) is 0.539. The minimum Gasteiger partial charge on any atom is -0.619 e. The Morgan fingerprint density at radius 3 is 2.67 bits per heavy atom. The molecule has 1 aromatic carbocycles. The molecule has 1 heterocycles. The van der Waals surface area contributed by atoms with Crippen molar-refractivity contribution in [2.45, 2.75) is 13.3 Å². The summed E-state index contributed by atoms with van der Waals surface area (Å²) in [5, 5.41) is 11.2. The molecule has 0 fully saturated rings. The minimum atomic E-state index is 0.835. The van der Waals surface area contributed by atoms with Gasteiger partial charge in [-0.2, -0.15) is 4.73 Å². The molecular formula is C13H13NO. The van der Waals surface area contributed by atoms with Crippen LogP contribution >= 0.6 is 0 Å². The topological polar surface area (TPSA) is 26.9 Å². The molecule has 0 saturated carbocycles. The van der Waals surface area contributed by atoms with Crippen LogP contribution in [0.5, 0.6) is 0 Å². The van der Waals surface area contributed by atoms with Crippen LogP contribution in [0.2, 0.25) is 0 Å². The van der Waals surface area contributed by atoms with E-state index in [1.54, 1.807) is 12.3 Å². The lowest BCUT2D eigenvalue weighted by Gasteiger charge is -2.06. The minimum absolute atomic E-state index is 0.835. The smallest absolute Gasteiger partial charge is 0.188 e. The fourth-order valence-corrected chi connectivity index (χ4v) is 1.72. The molecule has 0 bridgehead atoms. The first-order valence-electron chi connectivity index (χ1n) is 5.08. The maximum Gasteiger partial charge on any atom is 0.188 e. The van der Waals surface area contributed by atoms with Gasteiger partial charge < -0.3 is 5.21 Å². The molecular weight excluding hydrogens is 186 g/mol. The first-order chi connectivity index (χ1) is 7.31. The first kappa shape index (κ1) is 9.71. The van der Waals surface area contributed by atoms with Crippen LogP contribution < -0.4 is 4.73 Å². The number of benzene rings is 1. The van der Waals surface area contributed by atoms with Crippen molar-refractivity contribution in [1.82, 2.24) is 0 Å². The molecule has 0 aliphatic rings. The fourth-order valence-electron chi connectivity index (χ4n) is 1.72. The van der Waals surface area contributed by atoms with E-state index in [4.69, 9.17) is 0 Å². The van der Waals surface area contributed by atoms with Gasteiger partial charge in [0, 0.05) is 11.6 Å². The van der Waals surface area contributed by atoms with E-state index in [1.807, 2.05) is 24.3 Å². The molecule has 0 aliphatic heterocycles. The van der Waals surface area contributed by atoms with Gasteiger partial charge in [-0.25, -0.2) is 0 Å². The monoisotopic (exact) mass is 199 g/mol. The van der Waals surface area contributed by atoms with E-state index in [0.29, 0.717) is 0 Å². The van der Waals surface area contributed by atoms with E-state index in [9.17, 15) is 5.21 Å². The summed E-state index contributed by atoms with van der Waals surface area (Å²) in [6.07, 6.45) is 4.08. The normalized spacial score (nSPS) is 10.2. The SMILES string of the molecule is CCc1ccccc1-c1ccc[n+]([O-])c1. The van der Waals surface area contributed by atoms with Gasteiger partial charge in [-0.15, -0.1) is 0 Å². The average molecular weight is 199 g/mol. The highest BCUT2D eigenvalue weighted by Gasteiger charge is 2.04. The Labute approximate surface area is 89.4 Å². The van der Waals surface area contributed by atoms with Crippen LogP contribution in [0.15, 0.2) is 48.8 Å². The van der Waals surface area contributed by atoms with E-state index in [-0.39, 0.29) is 0 Å². The second kappa shape index (κ2) is 4.13. The lowest BCUT2D eigenvalue weighted by molar-refractivity contribution is -0.604. The zero-order valence-corrected chi connectivity index (χ0v) is 8.68. The number of hydrogen-bond acceptors (Lipinski definition) is 1. The molecule has 2 nitrogen and oxygen atoms in total. The standard InChI is InChI=1S/C13H13NO/c1-2-11-6-3-4-8-13(11)12-7-5-9-14(15)10-12/h3-10H,2H2,1H3. The van der Waals surface area contributed by atoms with Crippen molar-refractivity contribution in [2.24, 2.45) is 0 Å². The Balaban J connectivity index is 2.53. The predicted octanol–water partition coefficient (Wildman–Crippen LogP) is 2.55. The second-order valence-electron chi connectivity index (χ2n) is 3.46. The summed E-state index contributed by atoms with van der Waals surface area (Å²) in [5.74, 6) is 0. The van der Waals surface area contributed by atoms with Gasteiger partial charge in [0.2, 0.25) is 0 Å². The third kappa shape index (κ3) is 1.99. The summed E-state index contributed by atoms with van der Waals surface area (Å²) in [7, 11) is 0. The summed E-state index contributed by atoms with van der Waals surface area (Å²) < 4.78 is 0.835. The summed E-state index contributed by atoms with van der Waals surface area (Å²) in [5.41, 5.74) is 3.39. The molecule has 0 radical (unpaired) electrons. The second-order valence-corrected chi connectivity index (χ2v) is 3.46. The fraction of sp³-hybridized carbons (Fsp3) is 0.154. The van der Waals surface area contributed by atoms with Crippen LogP contribution in [0.4, 0.5) is 0 Å². The van der Waals surface area contributed by atoms with Gasteiger partial charge in [-0.1, -0.05) is 31.2 Å². The molecule has 0 N–H and O–H groups in total. The van der Waals surface area contributed by atoms with Gasteiger partial charge in [-0.05, 0) is 23.6 Å². The molecule has 0 unspecified atom stereocenters. The van der Waals surface area contributed by atoms with Crippen LogP contribution in [0.1, 0.15) is 12.5 Å². The summed E-state index contributed by atoms with van der Waals surface area (Å²) in [4.78, 5) is 0. The highest BCUT2D eigenvalue weighted by molar-refractivity contribution is 5.65. The Kier molecular flexibility index (Phi) is 2.68. The largest absolute Gasteiger partial charge is 0.619 e. The first-order valence-corrected chi connectivity index (χ1v) is 5.08. The van der Waals surface area contributed by atoms with Crippen molar-refractivity contribution in [2.75, 3.05) is 0 Å². The van der Waals surface area contributed by atoms with Gasteiger partial charge >= 0.3 is 0 Å². The van der Waals surface area contributed by atoms with Crippen molar-refractivity contribution in [1.29, 1.82) is 0 Å². The van der Waals surface area contributed by atoms with Crippen molar-refractivity contribution < 1.29 is 4.73 Å². The molecule has 2 aromatic rings. The maximum atomic E-state index is 11.2. The van der Waals surface area contributed by atoms with E-state index < -0.39 is 0 Å². The van der Waals surface area contributed by atoms with Crippen LogP contribution in [0.3, 0.4) is 0 Å². The van der Waals surface area contributed by atoms with Gasteiger partial charge in [0.05, 0.1) is 0 Å². The van der Waals surface area contributed by atoms with Crippen LogP contribution in [0.25, 0.3) is 11.1 Å². The number of rotatable bonds is 2. The van der Waals surface area contributed by atoms with E-state index >= 15 is 0 Å². The molecule has 0 aliphatic carbocycles. The van der Waals surface area contributed by atoms with E-state index in [1.165, 1.54) is 11.8 Å². The lowest BCUT2D eigenvalue weighted by Crippen LogP contribution is -2.24. The van der Waals surface area contributed by atoms with Crippen molar-refractivity contribution >= 4 is 0 Å². The molecule has 0 spiro atoms. The molecule has 0 atom stereocenters. The third-order valence-electron chi connectivity index (χ3n) is 2.48. The third-order valence-corrected chi connectivity index (χ3v) is 2.48. The van der Waals surface area contributed by atoms with E-state index in [0.717, 1.165) is 22.3 Å². The average Bonchev–Trinajstić information content (AvgIpc) is 2.29. The number of hydrogen-bond donors (Lipinski definition) is 0. The van der Waals surface area contributed by atoms with Gasteiger partial charge in [0.15, 0.2) is 12.4 Å². The zero-order chi connectivity index (χ0) is 10.7. The Morgan fingerprint density at radius 1 is 1.13 bits per heavy atom. The van der Waals surface area contributed by atoms with Gasteiger partial charge in [-0.3, -0.25) is 0 Å². The Morgan fingerprint density at radius 2 is 1.93 bits per heavy atom. The molecule has 1 aromatic heterocycles. The highest BCUT2D eigenvalue weighted by Crippen LogP contribution is 2.22. The van der Waals surface area contributed by atoms with Crippen LogP contribution in [-0.4, -0.2) is 0 Å². The summed E-state index contributed by atoms with van der Waals surface area (Å²) in [6.45, 7) is 2.12. The summed E-state index contributed by atoms with van der Waals surface area (Å²) in [6, 6.07) is 11.9. The van der Waals surface area contributed by atoms with Gasteiger partial charge in [0.1, 0.15) is 0 Å². The number of nitrogens with zero attached hydrogens (tertiary/aromatic N) is 1. The molecule has 15 heavy (non-hydrogen) atoms. The molecule has 0 saturated heterocycles. The van der Waals surface area contributed by atoms with Crippen molar-refractivity contribution in [3.05, 3.63) is 59.6 Å². The molecule has 2 rings (SSSR count). The number of pyridine rings is 1. The highest BCUT2D eigenvalue weighted by atomic mass is 16.5. The summed E-state index contributed by atoms with van der Waals surface area (Å²) >= 11 is 0. The Hall–Kier alpha value is -1.83. The molecule has 76 valence electrons. The molecule has 2 heteroatoms. The lowest BCUT2D eigenvalue weighted by atomic mass is 10.00. The van der Waals surface area contributed by atoms with E-state index in [2.05, 4.69) is 13.0 Å². The predicted molar refractivity (Wildman–Crippen MR) is 60.2 cm³/mol. The Bertz CT molecular complexity index is 466.